The predicted molar refractivity (Wildman–Crippen MR) is 44.0 cm³/mol. The van der Waals surface area contributed by atoms with E-state index < -0.39 is 0 Å². The van der Waals surface area contributed by atoms with Crippen molar-refractivity contribution in [3.05, 3.63) is 0 Å². The first kappa shape index (κ1) is 9.92. The van der Waals surface area contributed by atoms with Crippen molar-refractivity contribution in [1.29, 1.82) is 0 Å². The molecule has 0 aromatic carbocycles. The Morgan fingerprint density at radius 2 is 1.70 bits per heavy atom. The monoisotopic (exact) mass is 145 g/mol. The molecule has 0 aliphatic carbocycles. The topological polar surface area (TPSA) is 21.3 Å². The molecule has 0 fully saturated rings. The highest BCUT2D eigenvalue weighted by Crippen LogP contribution is 2.15. The van der Waals surface area contributed by atoms with Crippen LogP contribution in [0.4, 0.5) is 0 Å². The first-order valence-corrected chi connectivity index (χ1v) is 4.07. The summed E-state index contributed by atoms with van der Waals surface area (Å²) in [4.78, 5) is 0. The second kappa shape index (κ2) is 4.69. The third kappa shape index (κ3) is 2.27. The molecule has 0 bridgehead atoms. The summed E-state index contributed by atoms with van der Waals surface area (Å²) in [7, 11) is 1.95. The maximum absolute atomic E-state index is 5.57. The van der Waals surface area contributed by atoms with Gasteiger partial charge in [0.1, 0.15) is 5.72 Å². The van der Waals surface area contributed by atoms with Gasteiger partial charge in [-0.3, -0.25) is 5.32 Å². The van der Waals surface area contributed by atoms with Gasteiger partial charge in [0, 0.05) is 6.61 Å². The largest absolute Gasteiger partial charge is 0.361 e. The van der Waals surface area contributed by atoms with Gasteiger partial charge in [0.15, 0.2) is 0 Å². The molecule has 0 unspecified atom stereocenters. The summed E-state index contributed by atoms with van der Waals surface area (Å²) >= 11 is 0. The van der Waals surface area contributed by atoms with Crippen LogP contribution in [0, 0.1) is 0 Å². The van der Waals surface area contributed by atoms with Crippen molar-refractivity contribution in [3.63, 3.8) is 0 Å². The van der Waals surface area contributed by atoms with Crippen molar-refractivity contribution >= 4 is 0 Å². The molecule has 10 heavy (non-hydrogen) atoms. The summed E-state index contributed by atoms with van der Waals surface area (Å²) < 4.78 is 5.57. The zero-order valence-corrected chi connectivity index (χ0v) is 7.53. The fourth-order valence-electron chi connectivity index (χ4n) is 1.16. The Kier molecular flexibility index (Phi) is 4.65. The molecule has 0 heterocycles. The van der Waals surface area contributed by atoms with Gasteiger partial charge in [0.05, 0.1) is 0 Å². The lowest BCUT2D eigenvalue weighted by Gasteiger charge is -2.30. The first-order chi connectivity index (χ1) is 4.74. The Balaban J connectivity index is 3.87. The minimum Gasteiger partial charge on any atom is -0.361 e. The van der Waals surface area contributed by atoms with E-state index in [-0.39, 0.29) is 5.72 Å². The van der Waals surface area contributed by atoms with Crippen LogP contribution >= 0.6 is 0 Å². The molecule has 0 rings (SSSR count). The van der Waals surface area contributed by atoms with Crippen LogP contribution in [0.25, 0.3) is 0 Å². The summed E-state index contributed by atoms with van der Waals surface area (Å²) in [6.07, 6.45) is 2.04. The van der Waals surface area contributed by atoms with Gasteiger partial charge < -0.3 is 4.74 Å². The Labute approximate surface area is 64.0 Å². The van der Waals surface area contributed by atoms with E-state index in [0.29, 0.717) is 0 Å². The average Bonchev–Trinajstić information content (AvgIpc) is 2.01. The maximum atomic E-state index is 5.57. The van der Waals surface area contributed by atoms with Gasteiger partial charge in [0.2, 0.25) is 0 Å². The van der Waals surface area contributed by atoms with E-state index in [9.17, 15) is 0 Å². The van der Waals surface area contributed by atoms with Crippen molar-refractivity contribution in [2.45, 2.75) is 39.3 Å². The molecule has 0 saturated carbocycles. The van der Waals surface area contributed by atoms with Crippen LogP contribution in [0.5, 0.6) is 0 Å². The third-order valence-corrected chi connectivity index (χ3v) is 2.02. The fourth-order valence-corrected chi connectivity index (χ4v) is 1.16. The molecule has 0 spiro atoms. The molecular formula is C8H19NO. The SMILES string of the molecule is CCOC(CC)(CC)NC. The molecule has 0 amide bonds. The number of rotatable bonds is 5. The van der Waals surface area contributed by atoms with Crippen LogP contribution in [-0.2, 0) is 4.74 Å². The molecule has 2 nitrogen and oxygen atoms in total. The Morgan fingerprint density at radius 3 is 1.80 bits per heavy atom. The molecule has 0 aliphatic heterocycles. The fraction of sp³-hybridized carbons (Fsp3) is 1.00. The lowest BCUT2D eigenvalue weighted by molar-refractivity contribution is -0.0657. The highest BCUT2D eigenvalue weighted by Gasteiger charge is 2.22. The highest BCUT2D eigenvalue weighted by molar-refractivity contribution is 4.71. The van der Waals surface area contributed by atoms with Crippen LogP contribution in [-0.4, -0.2) is 19.4 Å². The van der Waals surface area contributed by atoms with E-state index in [2.05, 4.69) is 19.2 Å². The van der Waals surface area contributed by atoms with E-state index >= 15 is 0 Å². The molecule has 62 valence electrons. The van der Waals surface area contributed by atoms with E-state index in [1.54, 1.807) is 0 Å². The Morgan fingerprint density at radius 1 is 1.20 bits per heavy atom. The predicted octanol–water partition coefficient (Wildman–Crippen LogP) is 1.76. The molecule has 2 heteroatoms. The van der Waals surface area contributed by atoms with Gasteiger partial charge in [-0.05, 0) is 26.8 Å². The smallest absolute Gasteiger partial charge is 0.118 e. The second-order valence-corrected chi connectivity index (χ2v) is 2.38. The van der Waals surface area contributed by atoms with E-state index in [1.807, 2.05) is 14.0 Å². The number of ether oxygens (including phenoxy) is 1. The standard InChI is InChI=1S/C8H19NO/c1-5-8(6-2,9-4)10-7-3/h9H,5-7H2,1-4H3. The van der Waals surface area contributed by atoms with Crippen LogP contribution in [0.3, 0.4) is 0 Å². The van der Waals surface area contributed by atoms with Crippen molar-refractivity contribution in [3.8, 4) is 0 Å². The molecule has 0 radical (unpaired) electrons. The van der Waals surface area contributed by atoms with Gasteiger partial charge in [-0.1, -0.05) is 13.8 Å². The van der Waals surface area contributed by atoms with Gasteiger partial charge in [-0.15, -0.1) is 0 Å². The summed E-state index contributed by atoms with van der Waals surface area (Å²) in [6.45, 7) is 7.07. The Bertz CT molecular complexity index is 71.1. The lowest BCUT2D eigenvalue weighted by atomic mass is 10.1. The summed E-state index contributed by atoms with van der Waals surface area (Å²) in [5, 5.41) is 3.19. The van der Waals surface area contributed by atoms with Crippen LogP contribution < -0.4 is 5.32 Å². The minimum atomic E-state index is -0.0747. The van der Waals surface area contributed by atoms with Gasteiger partial charge in [0.25, 0.3) is 0 Å². The van der Waals surface area contributed by atoms with Crippen LogP contribution in [0.2, 0.25) is 0 Å². The molecular weight excluding hydrogens is 126 g/mol. The van der Waals surface area contributed by atoms with Crippen LogP contribution in [0.15, 0.2) is 0 Å². The molecule has 0 aliphatic rings. The van der Waals surface area contributed by atoms with Crippen LogP contribution in [0.1, 0.15) is 33.6 Å². The van der Waals surface area contributed by atoms with E-state index in [4.69, 9.17) is 4.74 Å². The average molecular weight is 145 g/mol. The normalized spacial score (nSPS) is 12.0. The van der Waals surface area contributed by atoms with Gasteiger partial charge in [-0.25, -0.2) is 0 Å². The summed E-state index contributed by atoms with van der Waals surface area (Å²) in [5.74, 6) is 0. The summed E-state index contributed by atoms with van der Waals surface area (Å²) in [5.41, 5.74) is -0.0747. The molecule has 0 atom stereocenters. The molecule has 1 N–H and O–H groups in total. The third-order valence-electron chi connectivity index (χ3n) is 2.02. The minimum absolute atomic E-state index is 0.0747. The number of hydrogen-bond acceptors (Lipinski definition) is 2. The van der Waals surface area contributed by atoms with Crippen molar-refractivity contribution in [1.82, 2.24) is 5.32 Å². The lowest BCUT2D eigenvalue weighted by Crippen LogP contribution is -2.44. The Hall–Kier alpha value is -0.0800. The number of nitrogens with one attached hydrogen (secondary N) is 1. The molecule has 0 aromatic heterocycles. The van der Waals surface area contributed by atoms with E-state index in [0.717, 1.165) is 19.4 Å². The zero-order chi connectivity index (χ0) is 8.04. The summed E-state index contributed by atoms with van der Waals surface area (Å²) in [6, 6.07) is 0. The van der Waals surface area contributed by atoms with Crippen molar-refractivity contribution < 1.29 is 4.74 Å². The van der Waals surface area contributed by atoms with Crippen molar-refractivity contribution in [2.24, 2.45) is 0 Å². The van der Waals surface area contributed by atoms with Gasteiger partial charge >= 0.3 is 0 Å². The highest BCUT2D eigenvalue weighted by atomic mass is 16.5. The second-order valence-electron chi connectivity index (χ2n) is 2.38. The first-order valence-electron chi connectivity index (χ1n) is 4.07. The quantitative estimate of drug-likeness (QED) is 0.595. The zero-order valence-electron chi connectivity index (χ0n) is 7.53. The molecule has 0 aromatic rings. The van der Waals surface area contributed by atoms with Gasteiger partial charge in [-0.2, -0.15) is 0 Å². The number of hydrogen-bond donors (Lipinski definition) is 1. The van der Waals surface area contributed by atoms with Crippen molar-refractivity contribution in [2.75, 3.05) is 13.7 Å². The van der Waals surface area contributed by atoms with E-state index in [1.165, 1.54) is 0 Å². The maximum Gasteiger partial charge on any atom is 0.118 e. The molecule has 0 saturated heterocycles.